The second kappa shape index (κ2) is 5.09. The zero-order valence-corrected chi connectivity index (χ0v) is 8.86. The molecule has 0 N–H and O–H groups in total. The van der Waals surface area contributed by atoms with E-state index in [1.807, 2.05) is 0 Å². The lowest BCUT2D eigenvalue weighted by Gasteiger charge is -2.27. The summed E-state index contributed by atoms with van der Waals surface area (Å²) in [5.74, 6) is -1.96. The minimum atomic E-state index is -1.13. The summed E-state index contributed by atoms with van der Waals surface area (Å²) in [7, 11) is 2.52. The van der Waals surface area contributed by atoms with Gasteiger partial charge < -0.3 is 9.47 Å². The van der Waals surface area contributed by atoms with Crippen LogP contribution in [0.1, 0.15) is 19.3 Å². The van der Waals surface area contributed by atoms with E-state index in [0.717, 1.165) is 0 Å². The molecule has 1 aliphatic carbocycles. The van der Waals surface area contributed by atoms with E-state index in [-0.39, 0.29) is 12.8 Å². The van der Waals surface area contributed by atoms with E-state index in [1.54, 1.807) is 0 Å². The number of methoxy groups -OCH3 is 2. The Morgan fingerprint density at radius 3 is 1.73 bits per heavy atom. The average Bonchev–Trinajstić information content (AvgIpc) is 2.26. The van der Waals surface area contributed by atoms with Crippen molar-refractivity contribution in [3.05, 3.63) is 0 Å². The van der Waals surface area contributed by atoms with Crippen molar-refractivity contribution >= 4 is 11.9 Å². The van der Waals surface area contributed by atoms with Crippen LogP contribution >= 0.6 is 0 Å². The summed E-state index contributed by atoms with van der Waals surface area (Å²) >= 11 is 0. The molecule has 0 aliphatic heterocycles. The zero-order valence-electron chi connectivity index (χ0n) is 8.86. The van der Waals surface area contributed by atoms with E-state index in [0.29, 0.717) is 6.42 Å². The molecule has 0 amide bonds. The molecule has 0 saturated heterocycles. The van der Waals surface area contributed by atoms with Gasteiger partial charge in [-0.05, 0) is 19.3 Å². The fourth-order valence-electron chi connectivity index (χ4n) is 1.97. The molecule has 1 rings (SSSR count). The molecule has 0 aromatic carbocycles. The van der Waals surface area contributed by atoms with Crippen molar-refractivity contribution in [2.24, 2.45) is 11.8 Å². The van der Waals surface area contributed by atoms with Gasteiger partial charge in [0.2, 0.25) is 0 Å². The summed E-state index contributed by atoms with van der Waals surface area (Å²) in [5, 5.41) is 0. The second-order valence-electron chi connectivity index (χ2n) is 3.74. The van der Waals surface area contributed by atoms with Gasteiger partial charge in [-0.15, -0.1) is 0 Å². The number of hydrogen-bond donors (Lipinski definition) is 0. The number of carbonyl (C=O) groups is 2. The molecule has 1 aliphatic rings. The Labute approximate surface area is 87.7 Å². The van der Waals surface area contributed by atoms with E-state index < -0.39 is 29.9 Å². The van der Waals surface area contributed by atoms with E-state index >= 15 is 0 Å². The van der Waals surface area contributed by atoms with Crippen LogP contribution in [0.25, 0.3) is 0 Å². The van der Waals surface area contributed by atoms with Crippen molar-refractivity contribution < 1.29 is 23.5 Å². The summed E-state index contributed by atoms with van der Waals surface area (Å²) in [4.78, 5) is 22.5. The molecule has 5 heteroatoms. The van der Waals surface area contributed by atoms with Crippen molar-refractivity contribution in [1.29, 1.82) is 0 Å². The Morgan fingerprint density at radius 2 is 1.40 bits per heavy atom. The lowest BCUT2D eigenvalue weighted by molar-refractivity contribution is -0.153. The van der Waals surface area contributed by atoms with Gasteiger partial charge in [0.05, 0.1) is 26.1 Å². The van der Waals surface area contributed by atoms with Crippen LogP contribution in [0.4, 0.5) is 4.39 Å². The van der Waals surface area contributed by atoms with E-state index in [4.69, 9.17) is 0 Å². The predicted molar refractivity (Wildman–Crippen MR) is 49.8 cm³/mol. The molecule has 86 valence electrons. The maximum atomic E-state index is 13.3. The molecule has 0 bridgehead atoms. The molecular formula is C10H15FO4. The minimum Gasteiger partial charge on any atom is -0.469 e. The third kappa shape index (κ3) is 2.91. The lowest BCUT2D eigenvalue weighted by Crippen LogP contribution is -2.33. The first-order valence-electron chi connectivity index (χ1n) is 4.88. The highest BCUT2D eigenvalue weighted by molar-refractivity contribution is 5.76. The summed E-state index contributed by atoms with van der Waals surface area (Å²) in [6, 6.07) is 0. The van der Waals surface area contributed by atoms with Crippen molar-refractivity contribution in [3.63, 3.8) is 0 Å². The standard InChI is InChI=1S/C10H15FO4/c1-14-9(12)6-3-7(10(13)15-2)5-8(11)4-6/h6-8H,3-5H2,1-2H3. The quantitative estimate of drug-likeness (QED) is 0.651. The highest BCUT2D eigenvalue weighted by Crippen LogP contribution is 2.32. The number of carbonyl (C=O) groups excluding carboxylic acids is 2. The molecule has 2 unspecified atom stereocenters. The maximum absolute atomic E-state index is 13.3. The van der Waals surface area contributed by atoms with E-state index in [2.05, 4.69) is 9.47 Å². The number of halogens is 1. The van der Waals surface area contributed by atoms with Crippen molar-refractivity contribution in [2.45, 2.75) is 25.4 Å². The Bertz CT molecular complexity index is 230. The fraction of sp³-hybridized carbons (Fsp3) is 0.800. The van der Waals surface area contributed by atoms with Crippen LogP contribution in [0, 0.1) is 11.8 Å². The van der Waals surface area contributed by atoms with Crippen LogP contribution in [0.5, 0.6) is 0 Å². The first-order valence-corrected chi connectivity index (χ1v) is 4.88. The largest absolute Gasteiger partial charge is 0.469 e. The molecule has 0 aromatic rings. The fourth-order valence-corrected chi connectivity index (χ4v) is 1.97. The van der Waals surface area contributed by atoms with Gasteiger partial charge >= 0.3 is 11.9 Å². The van der Waals surface area contributed by atoms with Gasteiger partial charge in [-0.25, -0.2) is 4.39 Å². The van der Waals surface area contributed by atoms with Gasteiger partial charge in [0.25, 0.3) is 0 Å². The van der Waals surface area contributed by atoms with Gasteiger partial charge in [-0.3, -0.25) is 9.59 Å². The highest BCUT2D eigenvalue weighted by Gasteiger charge is 2.37. The third-order valence-electron chi connectivity index (χ3n) is 2.72. The predicted octanol–water partition coefficient (Wildman–Crippen LogP) is 1.09. The second-order valence-corrected chi connectivity index (χ2v) is 3.74. The number of hydrogen-bond acceptors (Lipinski definition) is 4. The summed E-state index contributed by atoms with van der Waals surface area (Å²) < 4.78 is 22.3. The van der Waals surface area contributed by atoms with Crippen LogP contribution in [0.15, 0.2) is 0 Å². The minimum absolute atomic E-state index is 0.139. The molecule has 0 heterocycles. The summed E-state index contributed by atoms with van der Waals surface area (Å²) in [6.45, 7) is 0. The SMILES string of the molecule is COC(=O)C1CC(F)CC(C(=O)OC)C1. The first-order chi connectivity index (χ1) is 7.08. The first kappa shape index (κ1) is 11.9. The smallest absolute Gasteiger partial charge is 0.308 e. The normalized spacial score (nSPS) is 30.7. The number of ether oxygens (including phenoxy) is 2. The Balaban J connectivity index is 2.63. The molecule has 0 aromatic heterocycles. The summed E-state index contributed by atoms with van der Waals surface area (Å²) in [5.41, 5.74) is 0. The van der Waals surface area contributed by atoms with Crippen molar-refractivity contribution in [2.75, 3.05) is 14.2 Å². The molecule has 1 fully saturated rings. The molecule has 2 atom stereocenters. The van der Waals surface area contributed by atoms with Crippen LogP contribution < -0.4 is 0 Å². The lowest BCUT2D eigenvalue weighted by atomic mass is 9.80. The highest BCUT2D eigenvalue weighted by atomic mass is 19.1. The van der Waals surface area contributed by atoms with Crippen molar-refractivity contribution in [3.8, 4) is 0 Å². The van der Waals surface area contributed by atoms with Gasteiger partial charge in [0, 0.05) is 0 Å². The molecule has 4 nitrogen and oxygen atoms in total. The van der Waals surface area contributed by atoms with E-state index in [9.17, 15) is 14.0 Å². The Hall–Kier alpha value is -1.13. The summed E-state index contributed by atoms with van der Waals surface area (Å²) in [6.07, 6.45) is -0.535. The third-order valence-corrected chi connectivity index (χ3v) is 2.72. The van der Waals surface area contributed by atoms with Crippen molar-refractivity contribution in [1.82, 2.24) is 0 Å². The molecule has 0 spiro atoms. The van der Waals surface area contributed by atoms with Gasteiger partial charge in [0.1, 0.15) is 6.17 Å². The molecule has 0 radical (unpaired) electrons. The van der Waals surface area contributed by atoms with Gasteiger partial charge in [0.15, 0.2) is 0 Å². The van der Waals surface area contributed by atoms with Crippen LogP contribution in [-0.4, -0.2) is 32.3 Å². The molecule has 1 saturated carbocycles. The topological polar surface area (TPSA) is 52.6 Å². The van der Waals surface area contributed by atoms with Crippen LogP contribution in [0.3, 0.4) is 0 Å². The molecular weight excluding hydrogens is 203 g/mol. The Kier molecular flexibility index (Phi) is 4.05. The van der Waals surface area contributed by atoms with E-state index in [1.165, 1.54) is 14.2 Å². The van der Waals surface area contributed by atoms with Gasteiger partial charge in [-0.2, -0.15) is 0 Å². The van der Waals surface area contributed by atoms with Crippen LogP contribution in [0.2, 0.25) is 0 Å². The monoisotopic (exact) mass is 218 g/mol. The molecule has 15 heavy (non-hydrogen) atoms. The number of alkyl halides is 1. The number of esters is 2. The van der Waals surface area contributed by atoms with Crippen LogP contribution in [-0.2, 0) is 19.1 Å². The average molecular weight is 218 g/mol. The maximum Gasteiger partial charge on any atom is 0.308 e. The Morgan fingerprint density at radius 1 is 1.00 bits per heavy atom. The zero-order chi connectivity index (χ0) is 11.4. The van der Waals surface area contributed by atoms with Gasteiger partial charge in [-0.1, -0.05) is 0 Å². The number of rotatable bonds is 2.